The number of rotatable bonds is 4. The molecule has 0 amide bonds. The number of hydrogen-bond acceptors (Lipinski definition) is 3. The highest BCUT2D eigenvalue weighted by Crippen LogP contribution is 2.20. The first kappa shape index (κ1) is 15.6. The van der Waals surface area contributed by atoms with E-state index in [9.17, 15) is 0 Å². The molecule has 2 aromatic rings. The van der Waals surface area contributed by atoms with Crippen LogP contribution in [-0.2, 0) is 4.74 Å². The second kappa shape index (κ2) is 7.31. The maximum Gasteiger partial charge on any atom is 0.221 e. The molecule has 0 saturated heterocycles. The first-order valence-corrected chi connectivity index (χ1v) is 7.56. The number of nitrogens with zero attached hydrogens (tertiary/aromatic N) is 4. The van der Waals surface area contributed by atoms with Gasteiger partial charge >= 0.3 is 0 Å². The average Bonchev–Trinajstić information content (AvgIpc) is 3.10. The molecule has 0 fully saturated rings. The van der Waals surface area contributed by atoms with Gasteiger partial charge in [-0.25, -0.2) is 4.99 Å². The second-order valence-corrected chi connectivity index (χ2v) is 5.32. The lowest BCUT2D eigenvalue weighted by molar-refractivity contribution is 0.364. The summed E-state index contributed by atoms with van der Waals surface area (Å²) in [5, 5.41) is 3.57. The lowest BCUT2D eigenvalue weighted by atomic mass is 10.1. The fraction of sp³-hybridized carbons (Fsp3) is 0.105. The molecule has 0 saturated carbocycles. The highest BCUT2D eigenvalue weighted by Gasteiger charge is 2.13. The maximum absolute atomic E-state index is 8.42. The molecule has 1 aliphatic rings. The van der Waals surface area contributed by atoms with Gasteiger partial charge in [0.2, 0.25) is 5.90 Å². The van der Waals surface area contributed by atoms with Crippen molar-refractivity contribution in [2.24, 2.45) is 10.1 Å². The van der Waals surface area contributed by atoms with Crippen molar-refractivity contribution in [3.8, 4) is 0 Å². The van der Waals surface area contributed by atoms with Crippen molar-refractivity contribution in [2.75, 3.05) is 6.61 Å². The summed E-state index contributed by atoms with van der Waals surface area (Å²) < 4.78 is 5.64. The SMILES string of the molecule is CC(=CC=C1COC(c2ccccc2)=N1)c1ccc(N=[N+]=[N-])cc1. The molecule has 24 heavy (non-hydrogen) atoms. The molecule has 1 aliphatic heterocycles. The molecule has 0 aliphatic carbocycles. The molecule has 0 unspecified atom stereocenters. The van der Waals surface area contributed by atoms with E-state index in [1.807, 2.05) is 61.5 Å². The Hall–Kier alpha value is -3.30. The maximum atomic E-state index is 8.42. The van der Waals surface area contributed by atoms with Crippen LogP contribution in [0.25, 0.3) is 16.0 Å². The minimum atomic E-state index is 0.476. The van der Waals surface area contributed by atoms with Crippen molar-refractivity contribution in [1.29, 1.82) is 0 Å². The molecule has 0 aromatic heterocycles. The van der Waals surface area contributed by atoms with Gasteiger partial charge in [0, 0.05) is 16.2 Å². The molecule has 0 N–H and O–H groups in total. The number of benzene rings is 2. The Morgan fingerprint density at radius 2 is 1.92 bits per heavy atom. The summed E-state index contributed by atoms with van der Waals surface area (Å²) in [4.78, 5) is 7.29. The molecule has 0 atom stereocenters. The lowest BCUT2D eigenvalue weighted by Gasteiger charge is -2.00. The van der Waals surface area contributed by atoms with E-state index < -0.39 is 0 Å². The van der Waals surface area contributed by atoms with E-state index >= 15 is 0 Å². The van der Waals surface area contributed by atoms with Crippen LogP contribution >= 0.6 is 0 Å². The minimum absolute atomic E-state index is 0.476. The summed E-state index contributed by atoms with van der Waals surface area (Å²) >= 11 is 0. The molecule has 2 aromatic carbocycles. The monoisotopic (exact) mass is 316 g/mol. The van der Waals surface area contributed by atoms with Gasteiger partial charge in [0.05, 0.1) is 5.70 Å². The summed E-state index contributed by atoms with van der Waals surface area (Å²) in [5.41, 5.74) is 13.1. The highest BCUT2D eigenvalue weighted by atomic mass is 16.5. The van der Waals surface area contributed by atoms with E-state index in [2.05, 4.69) is 15.0 Å². The topological polar surface area (TPSA) is 70.4 Å². The Morgan fingerprint density at radius 1 is 1.17 bits per heavy atom. The molecule has 0 bridgehead atoms. The molecule has 0 spiro atoms. The zero-order valence-corrected chi connectivity index (χ0v) is 13.3. The molecule has 0 radical (unpaired) electrons. The van der Waals surface area contributed by atoms with Crippen molar-refractivity contribution in [3.63, 3.8) is 0 Å². The van der Waals surface area contributed by atoms with Crippen LogP contribution < -0.4 is 0 Å². The largest absolute Gasteiger partial charge is 0.471 e. The third-order valence-corrected chi connectivity index (χ3v) is 3.63. The van der Waals surface area contributed by atoms with E-state index in [1.54, 1.807) is 12.1 Å². The quantitative estimate of drug-likeness (QED) is 0.423. The van der Waals surface area contributed by atoms with E-state index in [0.717, 1.165) is 22.4 Å². The van der Waals surface area contributed by atoms with E-state index in [0.29, 0.717) is 18.2 Å². The summed E-state index contributed by atoms with van der Waals surface area (Å²) in [6.07, 6.45) is 3.98. The van der Waals surface area contributed by atoms with Crippen LogP contribution in [0.4, 0.5) is 5.69 Å². The molecule has 5 heteroatoms. The Bertz CT molecular complexity index is 858. The Morgan fingerprint density at radius 3 is 2.62 bits per heavy atom. The third kappa shape index (κ3) is 3.72. The lowest BCUT2D eigenvalue weighted by Crippen LogP contribution is -1.99. The molecular formula is C19H16N4O. The summed E-state index contributed by atoms with van der Waals surface area (Å²) in [6.45, 7) is 2.50. The van der Waals surface area contributed by atoms with Crippen molar-refractivity contribution in [3.05, 3.63) is 94.0 Å². The van der Waals surface area contributed by atoms with Gasteiger partial charge in [0.25, 0.3) is 0 Å². The van der Waals surface area contributed by atoms with Crippen molar-refractivity contribution >= 4 is 17.2 Å². The minimum Gasteiger partial charge on any atom is -0.471 e. The molecular weight excluding hydrogens is 300 g/mol. The highest BCUT2D eigenvalue weighted by molar-refractivity contribution is 5.96. The Balaban J connectivity index is 1.75. The van der Waals surface area contributed by atoms with Gasteiger partial charge in [-0.1, -0.05) is 53.7 Å². The van der Waals surface area contributed by atoms with Crippen LogP contribution in [0.2, 0.25) is 0 Å². The summed E-state index contributed by atoms with van der Waals surface area (Å²) in [7, 11) is 0. The number of ether oxygens (including phenoxy) is 1. The third-order valence-electron chi connectivity index (χ3n) is 3.63. The van der Waals surface area contributed by atoms with Crippen molar-refractivity contribution in [2.45, 2.75) is 6.92 Å². The summed E-state index contributed by atoms with van der Waals surface area (Å²) in [6, 6.07) is 17.3. The number of aliphatic imine (C=N–C) groups is 1. The van der Waals surface area contributed by atoms with Crippen LogP contribution in [-0.4, -0.2) is 12.5 Å². The predicted octanol–water partition coefficient (Wildman–Crippen LogP) is 5.39. The first-order valence-electron chi connectivity index (χ1n) is 7.56. The second-order valence-electron chi connectivity index (χ2n) is 5.32. The van der Waals surface area contributed by atoms with Crippen LogP contribution in [0.1, 0.15) is 18.1 Å². The van der Waals surface area contributed by atoms with Gasteiger partial charge in [-0.05, 0) is 41.8 Å². The Labute approximate surface area is 140 Å². The number of allylic oxidation sites excluding steroid dienone is 3. The number of azide groups is 1. The van der Waals surface area contributed by atoms with Crippen LogP contribution in [0, 0.1) is 0 Å². The standard InChI is InChI=1S/C19H16N4O/c1-14(15-8-11-17(12-9-15)22-23-20)7-10-18-13-24-19(21-18)16-5-3-2-4-6-16/h2-12H,13H2,1H3. The van der Waals surface area contributed by atoms with E-state index in [1.165, 1.54) is 0 Å². The smallest absolute Gasteiger partial charge is 0.221 e. The van der Waals surface area contributed by atoms with Crippen LogP contribution in [0.15, 0.2) is 82.6 Å². The summed E-state index contributed by atoms with van der Waals surface area (Å²) in [5.74, 6) is 0.659. The predicted molar refractivity (Wildman–Crippen MR) is 95.9 cm³/mol. The zero-order chi connectivity index (χ0) is 16.8. The Kier molecular flexibility index (Phi) is 4.75. The normalized spacial score (nSPS) is 15.6. The zero-order valence-electron chi connectivity index (χ0n) is 13.3. The molecule has 1 heterocycles. The van der Waals surface area contributed by atoms with Gasteiger partial charge in [-0.3, -0.25) is 0 Å². The molecule has 3 rings (SSSR count). The van der Waals surface area contributed by atoms with E-state index in [-0.39, 0.29) is 0 Å². The van der Waals surface area contributed by atoms with Crippen LogP contribution in [0.5, 0.6) is 0 Å². The average molecular weight is 316 g/mol. The van der Waals surface area contributed by atoms with Gasteiger partial charge < -0.3 is 4.74 Å². The van der Waals surface area contributed by atoms with Crippen LogP contribution in [0.3, 0.4) is 0 Å². The van der Waals surface area contributed by atoms with Gasteiger partial charge in [0.15, 0.2) is 0 Å². The van der Waals surface area contributed by atoms with Crippen molar-refractivity contribution < 1.29 is 4.74 Å². The van der Waals surface area contributed by atoms with Crippen molar-refractivity contribution in [1.82, 2.24) is 0 Å². The van der Waals surface area contributed by atoms with Gasteiger partial charge in [0.1, 0.15) is 6.61 Å². The van der Waals surface area contributed by atoms with Gasteiger partial charge in [-0.2, -0.15) is 0 Å². The van der Waals surface area contributed by atoms with E-state index in [4.69, 9.17) is 10.3 Å². The first-order chi connectivity index (χ1) is 11.8. The van der Waals surface area contributed by atoms with Gasteiger partial charge in [-0.15, -0.1) is 0 Å². The fourth-order valence-electron chi connectivity index (χ4n) is 2.31. The fourth-order valence-corrected chi connectivity index (χ4v) is 2.31. The molecule has 5 nitrogen and oxygen atoms in total. The number of hydrogen-bond donors (Lipinski definition) is 0. The molecule has 118 valence electrons.